The summed E-state index contributed by atoms with van der Waals surface area (Å²) in [6.45, 7) is 10.1. The highest BCUT2D eigenvalue weighted by Gasteiger charge is 1.98. The van der Waals surface area contributed by atoms with E-state index in [0.29, 0.717) is 59.5 Å². The lowest BCUT2D eigenvalue weighted by Crippen LogP contribution is -2.14. The number of ether oxygens (including phenoxy) is 6. The summed E-state index contributed by atoms with van der Waals surface area (Å²) < 4.78 is 32.2. The molecule has 0 saturated carbocycles. The van der Waals surface area contributed by atoms with E-state index in [2.05, 4.69) is 25.6 Å². The molecule has 0 aliphatic heterocycles. The quantitative estimate of drug-likeness (QED) is 0.120. The van der Waals surface area contributed by atoms with Gasteiger partial charge in [-0.2, -0.15) is 0 Å². The van der Waals surface area contributed by atoms with Gasteiger partial charge in [0.25, 0.3) is 0 Å². The third-order valence-corrected chi connectivity index (χ3v) is 4.99. The van der Waals surface area contributed by atoms with Crippen molar-refractivity contribution in [2.45, 2.75) is 51.9 Å². The molecule has 1 aromatic carbocycles. The Bertz CT molecular complexity index is 604. The maximum atomic E-state index is 10.8. The van der Waals surface area contributed by atoms with Gasteiger partial charge in [-0.1, -0.05) is 57.7 Å². The Balaban J connectivity index is 1.83. The Hall–Kier alpha value is -1.93. The first-order valence-corrected chi connectivity index (χ1v) is 12.6. The lowest BCUT2D eigenvalue weighted by Gasteiger charge is -2.09. The van der Waals surface area contributed by atoms with E-state index in [4.69, 9.17) is 28.4 Å². The van der Waals surface area contributed by atoms with Crippen LogP contribution >= 0.6 is 0 Å². The first-order valence-electron chi connectivity index (χ1n) is 12.6. The molecule has 7 heteroatoms. The molecule has 0 aliphatic rings. The fraction of sp³-hybridized carbons (Fsp3) is 0.667. The van der Waals surface area contributed by atoms with Gasteiger partial charge >= 0.3 is 5.97 Å². The van der Waals surface area contributed by atoms with Gasteiger partial charge in [0.05, 0.1) is 52.9 Å². The van der Waals surface area contributed by atoms with Crippen molar-refractivity contribution in [2.75, 3.05) is 66.1 Å². The van der Waals surface area contributed by atoms with Gasteiger partial charge in [-0.3, -0.25) is 0 Å². The molecule has 0 amide bonds. The molecule has 7 nitrogen and oxygen atoms in total. The minimum atomic E-state index is -0.447. The standard InChI is InChI=1S/C27H44O7/c1-3-5-6-7-8-9-10-25-11-13-26(14-12-25)33-23-21-31-19-17-29-15-16-30-18-20-32-22-24-34-27(28)4-2/h4,11-14H,2-3,5-10,15-24H2,1H3. The van der Waals surface area contributed by atoms with E-state index in [9.17, 15) is 4.79 Å². The van der Waals surface area contributed by atoms with Crippen molar-refractivity contribution >= 4 is 5.97 Å². The van der Waals surface area contributed by atoms with Crippen LogP contribution in [0.15, 0.2) is 36.9 Å². The van der Waals surface area contributed by atoms with Crippen LogP contribution in [0.1, 0.15) is 51.0 Å². The summed E-state index contributed by atoms with van der Waals surface area (Å²) in [5, 5.41) is 0. The lowest BCUT2D eigenvalue weighted by atomic mass is 10.0. The number of esters is 1. The van der Waals surface area contributed by atoms with Crippen LogP contribution in [0.4, 0.5) is 0 Å². The van der Waals surface area contributed by atoms with Gasteiger partial charge in [0.2, 0.25) is 0 Å². The van der Waals surface area contributed by atoms with Gasteiger partial charge in [-0.05, 0) is 30.5 Å². The minimum Gasteiger partial charge on any atom is -0.491 e. The lowest BCUT2D eigenvalue weighted by molar-refractivity contribution is -0.139. The minimum absolute atomic E-state index is 0.213. The number of carbonyl (C=O) groups is 1. The summed E-state index contributed by atoms with van der Waals surface area (Å²) in [5.41, 5.74) is 1.37. The van der Waals surface area contributed by atoms with Gasteiger partial charge in [0.1, 0.15) is 19.0 Å². The molecule has 0 atom stereocenters. The normalized spacial score (nSPS) is 10.9. The van der Waals surface area contributed by atoms with E-state index in [-0.39, 0.29) is 6.61 Å². The molecule has 0 saturated heterocycles. The van der Waals surface area contributed by atoms with Crippen molar-refractivity contribution in [3.8, 4) is 5.75 Å². The van der Waals surface area contributed by atoms with Crippen molar-refractivity contribution in [2.24, 2.45) is 0 Å². The second kappa shape index (κ2) is 22.8. The SMILES string of the molecule is C=CC(=O)OCCOCCOCCOCCOCCOc1ccc(CCCCCCCC)cc1. The van der Waals surface area contributed by atoms with Crippen LogP contribution in [-0.4, -0.2) is 72.0 Å². The molecular formula is C27H44O7. The summed E-state index contributed by atoms with van der Waals surface area (Å²) in [6, 6.07) is 8.40. The zero-order valence-electron chi connectivity index (χ0n) is 21.0. The maximum Gasteiger partial charge on any atom is 0.330 e. The Morgan fingerprint density at radius 2 is 1.21 bits per heavy atom. The molecule has 34 heavy (non-hydrogen) atoms. The molecule has 0 bridgehead atoms. The monoisotopic (exact) mass is 480 g/mol. The maximum absolute atomic E-state index is 10.8. The van der Waals surface area contributed by atoms with E-state index in [0.717, 1.165) is 18.2 Å². The predicted molar refractivity (Wildman–Crippen MR) is 133 cm³/mol. The van der Waals surface area contributed by atoms with Crippen molar-refractivity contribution in [1.29, 1.82) is 0 Å². The van der Waals surface area contributed by atoms with E-state index in [1.54, 1.807) is 0 Å². The van der Waals surface area contributed by atoms with Crippen LogP contribution in [0.2, 0.25) is 0 Å². The molecule has 1 rings (SSSR count). The zero-order valence-corrected chi connectivity index (χ0v) is 21.0. The van der Waals surface area contributed by atoms with E-state index in [1.165, 1.54) is 44.1 Å². The number of carbonyl (C=O) groups excluding carboxylic acids is 1. The Morgan fingerprint density at radius 1 is 0.706 bits per heavy atom. The van der Waals surface area contributed by atoms with Crippen molar-refractivity contribution in [3.05, 3.63) is 42.5 Å². The van der Waals surface area contributed by atoms with Crippen LogP contribution in [-0.2, 0) is 34.9 Å². The van der Waals surface area contributed by atoms with Gasteiger partial charge in [-0.15, -0.1) is 0 Å². The number of aryl methyl sites for hydroxylation is 1. The van der Waals surface area contributed by atoms with E-state index in [1.807, 2.05) is 12.1 Å². The van der Waals surface area contributed by atoms with Crippen molar-refractivity contribution < 1.29 is 33.2 Å². The molecule has 0 N–H and O–H groups in total. The van der Waals surface area contributed by atoms with Gasteiger partial charge < -0.3 is 28.4 Å². The smallest absolute Gasteiger partial charge is 0.330 e. The average Bonchev–Trinajstić information content (AvgIpc) is 2.86. The molecule has 0 unspecified atom stereocenters. The van der Waals surface area contributed by atoms with Gasteiger partial charge in [0, 0.05) is 6.08 Å². The Kier molecular flexibility index (Phi) is 20.2. The summed E-state index contributed by atoms with van der Waals surface area (Å²) in [4.78, 5) is 10.8. The van der Waals surface area contributed by atoms with Crippen molar-refractivity contribution in [3.63, 3.8) is 0 Å². The highest BCUT2D eigenvalue weighted by Crippen LogP contribution is 2.15. The molecule has 0 radical (unpaired) electrons. The first kappa shape index (κ1) is 30.1. The summed E-state index contributed by atoms with van der Waals surface area (Å²) >= 11 is 0. The number of benzene rings is 1. The highest BCUT2D eigenvalue weighted by molar-refractivity contribution is 5.81. The third kappa shape index (κ3) is 18.5. The number of hydrogen-bond acceptors (Lipinski definition) is 7. The second-order valence-electron chi connectivity index (χ2n) is 7.83. The third-order valence-electron chi connectivity index (χ3n) is 4.99. The molecule has 0 spiro atoms. The molecular weight excluding hydrogens is 436 g/mol. The molecule has 0 aliphatic carbocycles. The molecule has 0 aromatic heterocycles. The Morgan fingerprint density at radius 3 is 1.76 bits per heavy atom. The summed E-state index contributed by atoms with van der Waals surface area (Å²) in [6.07, 6.45) is 10.2. The van der Waals surface area contributed by atoms with E-state index >= 15 is 0 Å². The highest BCUT2D eigenvalue weighted by atomic mass is 16.6. The number of hydrogen-bond donors (Lipinski definition) is 0. The van der Waals surface area contributed by atoms with Crippen LogP contribution in [0.25, 0.3) is 0 Å². The first-order chi connectivity index (χ1) is 16.8. The van der Waals surface area contributed by atoms with E-state index < -0.39 is 5.97 Å². The molecule has 194 valence electrons. The number of unbranched alkanes of at least 4 members (excludes halogenated alkanes) is 5. The van der Waals surface area contributed by atoms with Crippen LogP contribution in [0, 0.1) is 0 Å². The topological polar surface area (TPSA) is 72.5 Å². The van der Waals surface area contributed by atoms with Crippen LogP contribution in [0.5, 0.6) is 5.75 Å². The van der Waals surface area contributed by atoms with Crippen LogP contribution in [0.3, 0.4) is 0 Å². The summed E-state index contributed by atoms with van der Waals surface area (Å²) in [5.74, 6) is 0.433. The molecule has 1 aromatic rings. The van der Waals surface area contributed by atoms with Crippen LogP contribution < -0.4 is 4.74 Å². The number of rotatable bonds is 24. The fourth-order valence-electron chi connectivity index (χ4n) is 3.10. The summed E-state index contributed by atoms with van der Waals surface area (Å²) in [7, 11) is 0. The van der Waals surface area contributed by atoms with Crippen molar-refractivity contribution in [1.82, 2.24) is 0 Å². The molecule has 0 heterocycles. The fourth-order valence-corrected chi connectivity index (χ4v) is 3.10. The largest absolute Gasteiger partial charge is 0.491 e. The Labute approximate surface area is 205 Å². The zero-order chi connectivity index (χ0) is 24.5. The van der Waals surface area contributed by atoms with Gasteiger partial charge in [-0.25, -0.2) is 4.79 Å². The second-order valence-corrected chi connectivity index (χ2v) is 7.83. The molecule has 0 fully saturated rings. The predicted octanol–water partition coefficient (Wildman–Crippen LogP) is 4.76. The average molecular weight is 481 g/mol. The van der Waals surface area contributed by atoms with Gasteiger partial charge in [0.15, 0.2) is 0 Å².